The van der Waals surface area contributed by atoms with E-state index < -0.39 is 11.8 Å². The van der Waals surface area contributed by atoms with Crippen LogP contribution in [-0.2, 0) is 9.59 Å². The maximum atomic E-state index is 10.2. The molecule has 0 aromatic rings. The van der Waals surface area contributed by atoms with E-state index in [2.05, 4.69) is 0 Å². The minimum absolute atomic E-state index is 0. The van der Waals surface area contributed by atoms with Gasteiger partial charge >= 0.3 is 0 Å². The van der Waals surface area contributed by atoms with E-state index in [0.717, 1.165) is 0 Å². The molecule has 1 radical (unpaired) electrons. The number of imide groups is 1. The molecule has 1 heterocycles. The summed E-state index contributed by atoms with van der Waals surface area (Å²) in [5, 5.41) is 8.57. The number of carbonyl (C=O) groups excluding carboxylic acids is 2. The Hall–Kier alpha value is 0.386. The summed E-state index contributed by atoms with van der Waals surface area (Å²) in [7, 11) is 0. The molecule has 2 amide bonds. The van der Waals surface area contributed by atoms with Crippen molar-refractivity contribution >= 4 is 11.8 Å². The molecule has 1 rings (SSSR count). The van der Waals surface area contributed by atoms with Gasteiger partial charge in [0, 0.05) is 51.5 Å². The van der Waals surface area contributed by atoms with Crippen LogP contribution in [-0.4, -0.2) is 22.1 Å². The maximum Gasteiger partial charge on any atom is 0.253 e. The van der Waals surface area contributed by atoms with Crippen molar-refractivity contribution in [1.29, 1.82) is 0 Å². The molecule has 0 spiro atoms. The predicted molar refractivity (Wildman–Crippen MR) is 22.9 cm³/mol. The van der Waals surface area contributed by atoms with Crippen LogP contribution in [0.5, 0.6) is 0 Å². The number of carbonyl (C=O) groups is 2. The van der Waals surface area contributed by atoms with Gasteiger partial charge in [0.1, 0.15) is 0 Å². The van der Waals surface area contributed by atoms with Gasteiger partial charge in [-0.1, -0.05) is 0 Å². The van der Waals surface area contributed by atoms with Crippen molar-refractivity contribution in [2.45, 2.75) is 12.8 Å². The maximum absolute atomic E-state index is 10.2. The molecule has 0 atom stereocenters. The molecule has 0 bridgehead atoms. The van der Waals surface area contributed by atoms with Crippen LogP contribution in [0.2, 0.25) is 0 Å². The molecule has 4 nitrogen and oxygen atoms in total. The van der Waals surface area contributed by atoms with Gasteiger partial charge in [-0.15, -0.1) is 0 Å². The van der Waals surface area contributed by atoms with Gasteiger partial charge in [-0.25, -0.2) is 0 Å². The second-order valence-electron chi connectivity index (χ2n) is 1.60. The Morgan fingerprint density at radius 1 is 1.22 bits per heavy atom. The molecule has 0 aromatic heterocycles. The van der Waals surface area contributed by atoms with Crippen molar-refractivity contribution in [2.75, 3.05) is 0 Å². The molecule has 0 unspecified atom stereocenters. The Labute approximate surface area is 82.6 Å². The smallest absolute Gasteiger partial charge is 0.253 e. The molecule has 5 heteroatoms. The summed E-state index contributed by atoms with van der Waals surface area (Å²) in [6, 6.07) is 0. The van der Waals surface area contributed by atoms with Crippen molar-refractivity contribution in [3.63, 3.8) is 0 Å². The fourth-order valence-electron chi connectivity index (χ4n) is 0.565. The average molecular weight is 274 g/mol. The Morgan fingerprint density at radius 2 is 1.56 bits per heavy atom. The first kappa shape index (κ1) is 9.39. The van der Waals surface area contributed by atoms with Crippen molar-refractivity contribution in [3.05, 3.63) is 0 Å². The normalized spacial score (nSPS) is 18.1. The van der Waals surface area contributed by atoms with Crippen molar-refractivity contribution in [2.24, 2.45) is 0 Å². The molecule has 1 aliphatic heterocycles. The molecule has 0 aromatic carbocycles. The van der Waals surface area contributed by atoms with Crippen molar-refractivity contribution < 1.29 is 53.4 Å². The van der Waals surface area contributed by atoms with Crippen LogP contribution in [0.4, 0.5) is 0 Å². The molecule has 1 aliphatic rings. The van der Waals surface area contributed by atoms with Crippen LogP contribution >= 0.6 is 0 Å². The molecular formula is C4H5NO3Tb. The van der Waals surface area contributed by atoms with Gasteiger partial charge in [-0.3, -0.25) is 14.8 Å². The zero-order valence-electron chi connectivity index (χ0n) is 4.46. The van der Waals surface area contributed by atoms with Gasteiger partial charge in [0.25, 0.3) is 11.8 Å². The summed E-state index contributed by atoms with van der Waals surface area (Å²) in [4.78, 5) is 20.5. The van der Waals surface area contributed by atoms with E-state index >= 15 is 0 Å². The molecule has 0 saturated carbocycles. The van der Waals surface area contributed by atoms with Gasteiger partial charge in [0.2, 0.25) is 0 Å². The first-order valence-corrected chi connectivity index (χ1v) is 2.26. The van der Waals surface area contributed by atoms with Crippen molar-refractivity contribution in [3.8, 4) is 0 Å². The molecule has 1 saturated heterocycles. The fourth-order valence-corrected chi connectivity index (χ4v) is 0.565. The minimum atomic E-state index is -0.505. The Morgan fingerprint density at radius 3 is 1.67 bits per heavy atom. The minimum Gasteiger partial charge on any atom is -0.279 e. The number of amides is 2. The molecule has 53 valence electrons. The zero-order chi connectivity index (χ0) is 6.15. The van der Waals surface area contributed by atoms with E-state index in [1.165, 1.54) is 0 Å². The van der Waals surface area contributed by atoms with Gasteiger partial charge in [-0.2, -0.15) is 5.06 Å². The van der Waals surface area contributed by atoms with Crippen LogP contribution in [0.3, 0.4) is 0 Å². The van der Waals surface area contributed by atoms with E-state index in [9.17, 15) is 9.59 Å². The monoisotopic (exact) mass is 274 g/mol. The van der Waals surface area contributed by atoms with Crippen LogP contribution in [0.25, 0.3) is 0 Å². The summed E-state index contributed by atoms with van der Waals surface area (Å²) in [6.07, 6.45) is 0.296. The first-order chi connectivity index (χ1) is 3.72. The number of hydroxylamine groups is 2. The molecule has 1 fully saturated rings. The van der Waals surface area contributed by atoms with Crippen molar-refractivity contribution in [1.82, 2.24) is 5.06 Å². The van der Waals surface area contributed by atoms with E-state index in [1.807, 2.05) is 0 Å². The average Bonchev–Trinajstić information content (AvgIpc) is 1.98. The third-order valence-electron chi connectivity index (χ3n) is 1.03. The van der Waals surface area contributed by atoms with Gasteiger partial charge in [0.05, 0.1) is 0 Å². The Kier molecular flexibility index (Phi) is 3.68. The predicted octanol–water partition coefficient (Wildman–Crippen LogP) is -0.475. The zero-order valence-corrected chi connectivity index (χ0v) is 6.60. The Bertz CT molecular complexity index is 131. The second-order valence-corrected chi connectivity index (χ2v) is 1.60. The largest absolute Gasteiger partial charge is 0.279 e. The first-order valence-electron chi connectivity index (χ1n) is 2.26. The Balaban J connectivity index is 0.000000640. The number of rotatable bonds is 0. The molecular weight excluding hydrogens is 269 g/mol. The van der Waals surface area contributed by atoms with Gasteiger partial charge in [0.15, 0.2) is 0 Å². The van der Waals surface area contributed by atoms with Gasteiger partial charge < -0.3 is 0 Å². The van der Waals surface area contributed by atoms with E-state index in [-0.39, 0.29) is 56.5 Å². The van der Waals surface area contributed by atoms with Crippen LogP contribution in [0.1, 0.15) is 12.8 Å². The summed E-state index contributed by atoms with van der Waals surface area (Å²) in [5.74, 6) is -1.01. The summed E-state index contributed by atoms with van der Waals surface area (Å²) in [6.45, 7) is 0. The molecule has 1 N–H and O–H groups in total. The van der Waals surface area contributed by atoms with Crippen LogP contribution in [0.15, 0.2) is 0 Å². The van der Waals surface area contributed by atoms with E-state index in [4.69, 9.17) is 5.21 Å². The topological polar surface area (TPSA) is 57.6 Å². The molecule has 9 heavy (non-hydrogen) atoms. The summed E-state index contributed by atoms with van der Waals surface area (Å²) >= 11 is 0. The standard InChI is InChI=1S/C4H5NO3.Tb/c6-3-1-2-4(7)5(3)8;/h8H,1-2H2;. The van der Waals surface area contributed by atoms with Crippen LogP contribution in [0, 0.1) is 38.6 Å². The molecule has 0 aliphatic carbocycles. The quantitative estimate of drug-likeness (QED) is 0.479. The summed E-state index contributed by atoms with van der Waals surface area (Å²) in [5.41, 5.74) is 0. The number of hydrogen-bond donors (Lipinski definition) is 1. The fraction of sp³-hybridized carbons (Fsp3) is 0.500. The summed E-state index contributed by atoms with van der Waals surface area (Å²) < 4.78 is 0. The number of nitrogens with zero attached hydrogens (tertiary/aromatic N) is 1. The third kappa shape index (κ3) is 1.91. The second kappa shape index (κ2) is 3.53. The van der Waals surface area contributed by atoms with Crippen LogP contribution < -0.4 is 0 Å². The van der Waals surface area contributed by atoms with E-state index in [0.29, 0.717) is 0 Å². The third-order valence-corrected chi connectivity index (χ3v) is 1.03. The SMILES string of the molecule is O=C1CCC(=O)N1O.[Tb]. The number of hydrogen-bond acceptors (Lipinski definition) is 3. The van der Waals surface area contributed by atoms with Gasteiger partial charge in [-0.05, 0) is 0 Å². The van der Waals surface area contributed by atoms with E-state index in [1.54, 1.807) is 0 Å².